The van der Waals surface area contributed by atoms with Gasteiger partial charge in [0.15, 0.2) is 0 Å². The minimum atomic E-state index is -1.17. The number of nitrogens with one attached hydrogen (secondary N) is 1. The minimum absolute atomic E-state index is 0.0259. The second-order valence-corrected chi connectivity index (χ2v) is 3.86. The van der Waals surface area contributed by atoms with Crippen molar-refractivity contribution in [1.82, 2.24) is 5.32 Å². The monoisotopic (exact) mass is 243 g/mol. The minimum Gasteiger partial charge on any atom is -0.466 e. The van der Waals surface area contributed by atoms with Crippen LogP contribution in [-0.2, 0) is 14.3 Å². The molecule has 0 bridgehead atoms. The van der Waals surface area contributed by atoms with Gasteiger partial charge in [0.1, 0.15) is 5.54 Å². The molecular formula is C11H21N3O3. The van der Waals surface area contributed by atoms with Gasteiger partial charge >= 0.3 is 5.97 Å². The highest BCUT2D eigenvalue weighted by molar-refractivity contribution is 5.79. The number of nitrogens with two attached hydrogens (primary N) is 2. The van der Waals surface area contributed by atoms with Gasteiger partial charge in [0.25, 0.3) is 0 Å². The summed E-state index contributed by atoms with van der Waals surface area (Å²) in [6.07, 6.45) is 0. The molecule has 98 valence electrons. The van der Waals surface area contributed by atoms with E-state index in [0.717, 1.165) is 0 Å². The Morgan fingerprint density at radius 2 is 2.06 bits per heavy atom. The number of amides is 1. The normalized spacial score (nSPS) is 15.5. The standard InChI is InChI=1S/C11H21N3O3/c1-5-17-10(16)7(2)11(6-12,8(3)13)14-9(4)15/h7H,3,5-6,12-13H2,1-2,4H3,(H,14,15). The molecule has 0 aromatic rings. The van der Waals surface area contributed by atoms with E-state index < -0.39 is 17.4 Å². The summed E-state index contributed by atoms with van der Waals surface area (Å²) in [7, 11) is 0. The maximum Gasteiger partial charge on any atom is 0.311 e. The predicted molar refractivity (Wildman–Crippen MR) is 64.7 cm³/mol. The van der Waals surface area contributed by atoms with Crippen molar-refractivity contribution in [2.24, 2.45) is 17.4 Å². The molecule has 0 aromatic heterocycles. The fourth-order valence-corrected chi connectivity index (χ4v) is 1.61. The molecule has 0 radical (unpaired) electrons. The Balaban J connectivity index is 5.21. The highest BCUT2D eigenvalue weighted by Gasteiger charge is 2.42. The van der Waals surface area contributed by atoms with Crippen molar-refractivity contribution >= 4 is 11.9 Å². The van der Waals surface area contributed by atoms with E-state index >= 15 is 0 Å². The zero-order valence-electron chi connectivity index (χ0n) is 10.6. The number of hydrogen-bond acceptors (Lipinski definition) is 5. The average Bonchev–Trinajstić information content (AvgIpc) is 2.24. The fraction of sp³-hybridized carbons (Fsp3) is 0.636. The quantitative estimate of drug-likeness (QED) is 0.545. The van der Waals surface area contributed by atoms with E-state index in [1.54, 1.807) is 13.8 Å². The van der Waals surface area contributed by atoms with E-state index in [9.17, 15) is 9.59 Å². The summed E-state index contributed by atoms with van der Waals surface area (Å²) in [5.41, 5.74) is 10.3. The van der Waals surface area contributed by atoms with Gasteiger partial charge in [-0.15, -0.1) is 0 Å². The topological polar surface area (TPSA) is 107 Å². The van der Waals surface area contributed by atoms with Gasteiger partial charge in [0.2, 0.25) is 5.91 Å². The predicted octanol–water partition coefficient (Wildman–Crippen LogP) is -0.508. The van der Waals surface area contributed by atoms with Gasteiger partial charge in [-0.1, -0.05) is 6.58 Å². The Morgan fingerprint density at radius 1 is 1.53 bits per heavy atom. The molecule has 0 spiro atoms. The average molecular weight is 243 g/mol. The van der Waals surface area contributed by atoms with Crippen molar-refractivity contribution in [2.75, 3.05) is 13.2 Å². The first-order chi connectivity index (χ1) is 7.81. The summed E-state index contributed by atoms with van der Waals surface area (Å²) in [6, 6.07) is 0. The molecule has 0 heterocycles. The summed E-state index contributed by atoms with van der Waals surface area (Å²) >= 11 is 0. The number of ether oxygens (including phenoxy) is 1. The van der Waals surface area contributed by atoms with Crippen LogP contribution in [0, 0.1) is 5.92 Å². The third-order valence-electron chi connectivity index (χ3n) is 2.67. The van der Waals surface area contributed by atoms with Crippen molar-refractivity contribution in [3.05, 3.63) is 12.3 Å². The van der Waals surface area contributed by atoms with Crippen LogP contribution in [0.4, 0.5) is 0 Å². The highest BCUT2D eigenvalue weighted by Crippen LogP contribution is 2.23. The highest BCUT2D eigenvalue weighted by atomic mass is 16.5. The van der Waals surface area contributed by atoms with Gasteiger partial charge in [-0.3, -0.25) is 9.59 Å². The Hall–Kier alpha value is -1.56. The summed E-state index contributed by atoms with van der Waals surface area (Å²) in [5.74, 6) is -1.51. The molecule has 17 heavy (non-hydrogen) atoms. The Morgan fingerprint density at radius 3 is 2.35 bits per heavy atom. The molecule has 1 amide bonds. The van der Waals surface area contributed by atoms with E-state index in [4.69, 9.17) is 16.2 Å². The molecule has 0 fully saturated rings. The van der Waals surface area contributed by atoms with Gasteiger partial charge in [0.05, 0.1) is 12.5 Å². The third kappa shape index (κ3) is 3.45. The number of esters is 1. The molecular weight excluding hydrogens is 222 g/mol. The van der Waals surface area contributed by atoms with E-state index in [2.05, 4.69) is 11.9 Å². The first-order valence-corrected chi connectivity index (χ1v) is 5.42. The van der Waals surface area contributed by atoms with Crippen LogP contribution in [0.3, 0.4) is 0 Å². The molecule has 0 saturated carbocycles. The van der Waals surface area contributed by atoms with Crippen molar-refractivity contribution in [3.63, 3.8) is 0 Å². The van der Waals surface area contributed by atoms with Crippen LogP contribution in [0.15, 0.2) is 12.3 Å². The van der Waals surface area contributed by atoms with E-state index in [0.29, 0.717) is 0 Å². The largest absolute Gasteiger partial charge is 0.466 e. The van der Waals surface area contributed by atoms with Gasteiger partial charge in [0, 0.05) is 19.2 Å². The lowest BCUT2D eigenvalue weighted by molar-refractivity contribution is -0.150. The number of rotatable bonds is 6. The Kier molecular flexibility index (Phi) is 5.67. The van der Waals surface area contributed by atoms with Crippen LogP contribution >= 0.6 is 0 Å². The molecule has 5 N–H and O–H groups in total. The van der Waals surface area contributed by atoms with Crippen molar-refractivity contribution in [1.29, 1.82) is 0 Å². The zero-order valence-corrected chi connectivity index (χ0v) is 10.6. The lowest BCUT2D eigenvalue weighted by Gasteiger charge is -2.37. The lowest BCUT2D eigenvalue weighted by atomic mass is 9.82. The number of hydrogen-bond donors (Lipinski definition) is 3. The third-order valence-corrected chi connectivity index (χ3v) is 2.67. The number of carbonyl (C=O) groups is 2. The second kappa shape index (κ2) is 6.24. The van der Waals surface area contributed by atoms with Gasteiger partial charge < -0.3 is 21.5 Å². The van der Waals surface area contributed by atoms with E-state index in [1.807, 2.05) is 0 Å². The molecule has 2 unspecified atom stereocenters. The summed E-state index contributed by atoms with van der Waals surface area (Å²) in [5, 5.41) is 2.59. The van der Waals surface area contributed by atoms with Gasteiger partial charge in [-0.05, 0) is 13.8 Å². The smallest absolute Gasteiger partial charge is 0.311 e. The maximum atomic E-state index is 11.7. The van der Waals surface area contributed by atoms with Gasteiger partial charge in [-0.25, -0.2) is 0 Å². The molecule has 0 saturated heterocycles. The molecule has 6 heteroatoms. The van der Waals surface area contributed by atoms with Crippen LogP contribution in [0.25, 0.3) is 0 Å². The zero-order chi connectivity index (χ0) is 13.6. The summed E-state index contributed by atoms with van der Waals surface area (Å²) < 4.78 is 4.90. The molecule has 0 aliphatic heterocycles. The first kappa shape index (κ1) is 15.4. The SMILES string of the molecule is C=C(N)C(CN)(NC(C)=O)C(C)C(=O)OCC. The van der Waals surface area contributed by atoms with E-state index in [-0.39, 0.29) is 24.8 Å². The molecule has 0 aliphatic rings. The molecule has 2 atom stereocenters. The fourth-order valence-electron chi connectivity index (χ4n) is 1.61. The maximum absolute atomic E-state index is 11.7. The second-order valence-electron chi connectivity index (χ2n) is 3.86. The summed E-state index contributed by atoms with van der Waals surface area (Å²) in [6.45, 7) is 8.43. The summed E-state index contributed by atoms with van der Waals surface area (Å²) in [4.78, 5) is 22.9. The Bertz CT molecular complexity index is 317. The van der Waals surface area contributed by atoms with Crippen molar-refractivity contribution in [2.45, 2.75) is 26.3 Å². The number of carbonyl (C=O) groups excluding carboxylic acids is 2. The van der Waals surface area contributed by atoms with Crippen LogP contribution in [0.1, 0.15) is 20.8 Å². The molecule has 0 rings (SSSR count). The van der Waals surface area contributed by atoms with E-state index in [1.165, 1.54) is 6.92 Å². The van der Waals surface area contributed by atoms with Crippen molar-refractivity contribution in [3.8, 4) is 0 Å². The Labute approximate surface area is 101 Å². The van der Waals surface area contributed by atoms with Crippen LogP contribution in [-0.4, -0.2) is 30.6 Å². The van der Waals surface area contributed by atoms with Gasteiger partial charge in [-0.2, -0.15) is 0 Å². The first-order valence-electron chi connectivity index (χ1n) is 5.42. The van der Waals surface area contributed by atoms with Crippen LogP contribution in [0.5, 0.6) is 0 Å². The van der Waals surface area contributed by atoms with Crippen LogP contribution < -0.4 is 16.8 Å². The molecule has 6 nitrogen and oxygen atoms in total. The molecule has 0 aliphatic carbocycles. The molecule has 0 aromatic carbocycles. The van der Waals surface area contributed by atoms with Crippen LogP contribution in [0.2, 0.25) is 0 Å². The van der Waals surface area contributed by atoms with Crippen molar-refractivity contribution < 1.29 is 14.3 Å². The lowest BCUT2D eigenvalue weighted by Crippen LogP contribution is -2.62.